The van der Waals surface area contributed by atoms with E-state index in [0.717, 1.165) is 0 Å². The standard InChI is InChI=1S/C12H11FO3/c1-7(14)9-6-11(16-12(9)15)8-4-2-3-5-10(8)13/h2-5,9,11H,6H2,1H3/t9-,11-/m0/s1. The number of cyclic esters (lactones) is 1. The predicted octanol–water partition coefficient (Wildman–Crippen LogP) is 2.02. The number of ether oxygens (including phenoxy) is 1. The molecule has 1 aliphatic rings. The molecular weight excluding hydrogens is 211 g/mol. The minimum atomic E-state index is -0.746. The molecule has 3 nitrogen and oxygen atoms in total. The first-order chi connectivity index (χ1) is 7.59. The van der Waals surface area contributed by atoms with Gasteiger partial charge in [0.05, 0.1) is 0 Å². The van der Waals surface area contributed by atoms with Gasteiger partial charge in [-0.15, -0.1) is 0 Å². The van der Waals surface area contributed by atoms with E-state index in [-0.39, 0.29) is 12.2 Å². The second-order valence-electron chi connectivity index (χ2n) is 3.85. The highest BCUT2D eigenvalue weighted by Crippen LogP contribution is 2.34. The van der Waals surface area contributed by atoms with Gasteiger partial charge in [0.2, 0.25) is 0 Å². The van der Waals surface area contributed by atoms with Crippen LogP contribution < -0.4 is 0 Å². The van der Waals surface area contributed by atoms with Gasteiger partial charge in [0.15, 0.2) is 0 Å². The van der Waals surface area contributed by atoms with Crippen molar-refractivity contribution >= 4 is 11.8 Å². The Balaban J connectivity index is 2.24. The summed E-state index contributed by atoms with van der Waals surface area (Å²) in [6, 6.07) is 6.12. The van der Waals surface area contributed by atoms with Crippen LogP contribution in [0, 0.1) is 11.7 Å². The molecule has 0 N–H and O–H groups in total. The van der Waals surface area contributed by atoms with Gasteiger partial charge in [-0.1, -0.05) is 18.2 Å². The Morgan fingerprint density at radius 2 is 2.12 bits per heavy atom. The quantitative estimate of drug-likeness (QED) is 0.568. The van der Waals surface area contributed by atoms with E-state index in [2.05, 4.69) is 0 Å². The number of halogens is 1. The molecule has 0 saturated carbocycles. The van der Waals surface area contributed by atoms with Crippen molar-refractivity contribution in [3.05, 3.63) is 35.6 Å². The Bertz CT molecular complexity index is 442. The van der Waals surface area contributed by atoms with Crippen LogP contribution in [0.3, 0.4) is 0 Å². The number of Topliss-reactive ketones (excluding diaryl/α,β-unsaturated/α-hetero) is 1. The summed E-state index contributed by atoms with van der Waals surface area (Å²) in [5, 5.41) is 0. The van der Waals surface area contributed by atoms with Gasteiger partial charge in [-0.3, -0.25) is 9.59 Å². The van der Waals surface area contributed by atoms with Crippen LogP contribution in [0.2, 0.25) is 0 Å². The van der Waals surface area contributed by atoms with Gasteiger partial charge in [-0.25, -0.2) is 4.39 Å². The lowest BCUT2D eigenvalue weighted by molar-refractivity contribution is -0.146. The van der Waals surface area contributed by atoms with Crippen LogP contribution in [-0.2, 0) is 14.3 Å². The summed E-state index contributed by atoms with van der Waals surface area (Å²) in [5.41, 5.74) is 0.333. The molecule has 0 aliphatic carbocycles. The number of hydrogen-bond donors (Lipinski definition) is 0. The summed E-state index contributed by atoms with van der Waals surface area (Å²) in [5.74, 6) is -1.95. The summed E-state index contributed by atoms with van der Waals surface area (Å²) in [4.78, 5) is 22.5. The van der Waals surface area contributed by atoms with Crippen molar-refractivity contribution in [2.24, 2.45) is 5.92 Å². The van der Waals surface area contributed by atoms with Gasteiger partial charge in [0.25, 0.3) is 0 Å². The van der Waals surface area contributed by atoms with Gasteiger partial charge in [-0.05, 0) is 13.0 Å². The van der Waals surface area contributed by atoms with Gasteiger partial charge in [-0.2, -0.15) is 0 Å². The van der Waals surface area contributed by atoms with Gasteiger partial charge >= 0.3 is 5.97 Å². The number of carbonyl (C=O) groups excluding carboxylic acids is 2. The van der Waals surface area contributed by atoms with E-state index in [1.807, 2.05) is 0 Å². The first-order valence-electron chi connectivity index (χ1n) is 5.05. The Hall–Kier alpha value is -1.71. The first-order valence-corrected chi connectivity index (χ1v) is 5.05. The maximum absolute atomic E-state index is 13.4. The van der Waals surface area contributed by atoms with Crippen molar-refractivity contribution in [3.63, 3.8) is 0 Å². The molecule has 1 aromatic rings. The highest BCUT2D eigenvalue weighted by atomic mass is 19.1. The monoisotopic (exact) mass is 222 g/mol. The predicted molar refractivity (Wildman–Crippen MR) is 54.0 cm³/mol. The Morgan fingerprint density at radius 3 is 2.69 bits per heavy atom. The van der Waals surface area contributed by atoms with E-state index >= 15 is 0 Å². The minimum absolute atomic E-state index is 0.231. The highest BCUT2D eigenvalue weighted by molar-refractivity contribution is 5.98. The van der Waals surface area contributed by atoms with E-state index < -0.39 is 23.8 Å². The third-order valence-electron chi connectivity index (χ3n) is 2.74. The number of rotatable bonds is 2. The number of carbonyl (C=O) groups is 2. The molecule has 1 heterocycles. The van der Waals surface area contributed by atoms with Crippen LogP contribution in [0.25, 0.3) is 0 Å². The maximum Gasteiger partial charge on any atom is 0.317 e. The molecule has 84 valence electrons. The van der Waals surface area contributed by atoms with Crippen molar-refractivity contribution in [1.29, 1.82) is 0 Å². The zero-order valence-electron chi connectivity index (χ0n) is 8.77. The zero-order valence-corrected chi connectivity index (χ0v) is 8.77. The van der Waals surface area contributed by atoms with Crippen LogP contribution in [-0.4, -0.2) is 11.8 Å². The second kappa shape index (κ2) is 4.04. The highest BCUT2D eigenvalue weighted by Gasteiger charge is 2.39. The van der Waals surface area contributed by atoms with Crippen molar-refractivity contribution < 1.29 is 18.7 Å². The maximum atomic E-state index is 13.4. The fourth-order valence-corrected chi connectivity index (χ4v) is 1.84. The van der Waals surface area contributed by atoms with Crippen LogP contribution in [0.1, 0.15) is 25.0 Å². The lowest BCUT2D eigenvalue weighted by Gasteiger charge is -2.09. The van der Waals surface area contributed by atoms with Crippen molar-refractivity contribution in [2.45, 2.75) is 19.4 Å². The number of hydrogen-bond acceptors (Lipinski definition) is 3. The largest absolute Gasteiger partial charge is 0.457 e. The summed E-state index contributed by atoms with van der Waals surface area (Å²) in [6.07, 6.45) is -0.405. The summed E-state index contributed by atoms with van der Waals surface area (Å²) >= 11 is 0. The fraction of sp³-hybridized carbons (Fsp3) is 0.333. The molecule has 4 heteroatoms. The van der Waals surface area contributed by atoms with Crippen LogP contribution in [0.15, 0.2) is 24.3 Å². The molecule has 1 aromatic carbocycles. The molecule has 2 rings (SSSR count). The topological polar surface area (TPSA) is 43.4 Å². The third kappa shape index (κ3) is 1.83. The average Bonchev–Trinajstić information content (AvgIpc) is 2.61. The third-order valence-corrected chi connectivity index (χ3v) is 2.74. The minimum Gasteiger partial charge on any atom is -0.457 e. The van der Waals surface area contributed by atoms with Crippen LogP contribution in [0.5, 0.6) is 0 Å². The van der Waals surface area contributed by atoms with Gasteiger partial charge in [0.1, 0.15) is 23.6 Å². The van der Waals surface area contributed by atoms with E-state index in [0.29, 0.717) is 5.56 Å². The SMILES string of the molecule is CC(=O)[C@@H]1C[C@@H](c2ccccc2F)OC1=O. The molecule has 0 unspecified atom stereocenters. The van der Waals surface area contributed by atoms with Crippen LogP contribution >= 0.6 is 0 Å². The van der Waals surface area contributed by atoms with E-state index in [4.69, 9.17) is 4.74 Å². The normalized spacial score (nSPS) is 24.2. The lowest BCUT2D eigenvalue weighted by Crippen LogP contribution is -2.15. The second-order valence-corrected chi connectivity index (χ2v) is 3.85. The molecule has 0 amide bonds. The molecule has 1 fully saturated rings. The molecule has 2 atom stereocenters. The Kier molecular flexibility index (Phi) is 2.73. The smallest absolute Gasteiger partial charge is 0.317 e. The van der Waals surface area contributed by atoms with Crippen LogP contribution in [0.4, 0.5) is 4.39 Å². The molecule has 0 radical (unpaired) electrons. The van der Waals surface area contributed by atoms with E-state index in [1.54, 1.807) is 18.2 Å². The van der Waals surface area contributed by atoms with Gasteiger partial charge < -0.3 is 4.74 Å². The average molecular weight is 222 g/mol. The molecule has 0 aromatic heterocycles. The van der Waals surface area contributed by atoms with E-state index in [9.17, 15) is 14.0 Å². The Labute approximate surface area is 92.2 Å². The fourth-order valence-electron chi connectivity index (χ4n) is 1.84. The summed E-state index contributed by atoms with van der Waals surface area (Å²) < 4.78 is 18.4. The molecule has 1 saturated heterocycles. The van der Waals surface area contributed by atoms with Crippen molar-refractivity contribution in [1.82, 2.24) is 0 Å². The number of esters is 1. The molecule has 0 spiro atoms. The van der Waals surface area contributed by atoms with Crippen molar-refractivity contribution in [2.75, 3.05) is 0 Å². The van der Waals surface area contributed by atoms with E-state index in [1.165, 1.54) is 13.0 Å². The summed E-state index contributed by atoms with van der Waals surface area (Å²) in [7, 11) is 0. The van der Waals surface area contributed by atoms with Crippen molar-refractivity contribution in [3.8, 4) is 0 Å². The number of benzene rings is 1. The molecule has 0 bridgehead atoms. The Morgan fingerprint density at radius 1 is 1.44 bits per heavy atom. The molecular formula is C12H11FO3. The number of ketones is 1. The first kappa shape index (κ1) is 10.8. The summed E-state index contributed by atoms with van der Waals surface area (Å²) in [6.45, 7) is 1.34. The van der Waals surface area contributed by atoms with Gasteiger partial charge in [0, 0.05) is 12.0 Å². The molecule has 1 aliphatic heterocycles. The zero-order chi connectivity index (χ0) is 11.7. The molecule has 16 heavy (non-hydrogen) atoms. The lowest BCUT2D eigenvalue weighted by atomic mass is 9.97.